The van der Waals surface area contributed by atoms with Crippen LogP contribution in [0.25, 0.3) is 0 Å². The molecule has 2 nitrogen and oxygen atoms in total. The molecule has 0 saturated heterocycles. The molecule has 1 atom stereocenters. The van der Waals surface area contributed by atoms with Gasteiger partial charge < -0.3 is 4.74 Å². The molecule has 0 aliphatic heterocycles. The van der Waals surface area contributed by atoms with E-state index in [9.17, 15) is 4.79 Å². The Morgan fingerprint density at radius 2 is 2.00 bits per heavy atom. The van der Waals surface area contributed by atoms with Gasteiger partial charge in [-0.25, -0.2) is 0 Å². The van der Waals surface area contributed by atoms with E-state index in [1.54, 1.807) is 7.11 Å². The normalized spacial score (nSPS) is 16.0. The number of Topliss-reactive ketones (excluding diaryl/α,β-unsaturated/α-hetero) is 1. The number of ketones is 1. The van der Waals surface area contributed by atoms with Gasteiger partial charge in [-0.3, -0.25) is 4.79 Å². The molecule has 0 N–H and O–H groups in total. The summed E-state index contributed by atoms with van der Waals surface area (Å²) in [6, 6.07) is 0. The summed E-state index contributed by atoms with van der Waals surface area (Å²) in [6.45, 7) is 5.83. The first-order valence-corrected chi connectivity index (χ1v) is 4.19. The van der Waals surface area contributed by atoms with Crippen molar-refractivity contribution in [2.45, 2.75) is 45.6 Å². The summed E-state index contributed by atoms with van der Waals surface area (Å²) in [5.74, 6) is 0.213. The molecule has 0 radical (unpaired) electrons. The smallest absolute Gasteiger partial charge is 0.164 e. The van der Waals surface area contributed by atoms with E-state index in [0.29, 0.717) is 6.42 Å². The molecule has 0 spiro atoms. The molecule has 0 aliphatic carbocycles. The van der Waals surface area contributed by atoms with Crippen LogP contribution in [0.1, 0.15) is 40.0 Å². The molecule has 0 bridgehead atoms. The topological polar surface area (TPSA) is 26.3 Å². The Balaban J connectivity index is 4.12. The Hall–Kier alpha value is -0.370. The molecule has 1 unspecified atom stereocenters. The zero-order valence-corrected chi connectivity index (χ0v) is 7.94. The van der Waals surface area contributed by atoms with Crippen molar-refractivity contribution in [1.82, 2.24) is 0 Å². The fourth-order valence-electron chi connectivity index (χ4n) is 0.947. The molecule has 66 valence electrons. The highest BCUT2D eigenvalue weighted by molar-refractivity contribution is 5.86. The number of ether oxygens (including phenoxy) is 1. The Morgan fingerprint density at radius 1 is 1.45 bits per heavy atom. The molecule has 2 heteroatoms. The predicted octanol–water partition coefficient (Wildman–Crippen LogP) is 2.17. The molecule has 0 rings (SSSR count). The van der Waals surface area contributed by atoms with Gasteiger partial charge in [0.1, 0.15) is 5.60 Å². The van der Waals surface area contributed by atoms with Crippen LogP contribution in [0, 0.1) is 0 Å². The fraction of sp³-hybridized carbons (Fsp3) is 0.889. The van der Waals surface area contributed by atoms with E-state index >= 15 is 0 Å². The van der Waals surface area contributed by atoms with Gasteiger partial charge in [0.15, 0.2) is 5.78 Å². The van der Waals surface area contributed by atoms with E-state index in [-0.39, 0.29) is 5.78 Å². The Morgan fingerprint density at radius 3 is 2.27 bits per heavy atom. The zero-order chi connectivity index (χ0) is 8.91. The third-order valence-electron chi connectivity index (χ3n) is 2.19. The second-order valence-electron chi connectivity index (χ2n) is 2.96. The van der Waals surface area contributed by atoms with E-state index in [0.717, 1.165) is 12.8 Å². The van der Waals surface area contributed by atoms with Crippen LogP contribution in [-0.2, 0) is 9.53 Å². The van der Waals surface area contributed by atoms with Gasteiger partial charge in [-0.15, -0.1) is 0 Å². The molecular weight excluding hydrogens is 140 g/mol. The maximum absolute atomic E-state index is 11.4. The molecule has 0 aliphatic rings. The minimum Gasteiger partial charge on any atom is -0.371 e. The summed E-state index contributed by atoms with van der Waals surface area (Å²) in [4.78, 5) is 11.4. The van der Waals surface area contributed by atoms with Crippen molar-refractivity contribution in [3.8, 4) is 0 Å². The zero-order valence-electron chi connectivity index (χ0n) is 7.94. The predicted molar refractivity (Wildman–Crippen MR) is 45.6 cm³/mol. The van der Waals surface area contributed by atoms with Crippen LogP contribution in [0.5, 0.6) is 0 Å². The molecule has 0 aromatic rings. The minimum absolute atomic E-state index is 0.213. The Labute approximate surface area is 68.9 Å². The quantitative estimate of drug-likeness (QED) is 0.613. The van der Waals surface area contributed by atoms with E-state index in [4.69, 9.17) is 4.74 Å². The summed E-state index contributed by atoms with van der Waals surface area (Å²) in [5.41, 5.74) is -0.546. The van der Waals surface area contributed by atoms with Crippen molar-refractivity contribution in [3.63, 3.8) is 0 Å². The van der Waals surface area contributed by atoms with Crippen LogP contribution in [0.15, 0.2) is 0 Å². The molecule has 0 aromatic carbocycles. The highest BCUT2D eigenvalue weighted by atomic mass is 16.5. The van der Waals surface area contributed by atoms with Gasteiger partial charge in [0.2, 0.25) is 0 Å². The van der Waals surface area contributed by atoms with E-state index < -0.39 is 5.60 Å². The third-order valence-corrected chi connectivity index (χ3v) is 2.19. The molecule has 0 amide bonds. The van der Waals surface area contributed by atoms with Gasteiger partial charge in [0.05, 0.1) is 0 Å². The van der Waals surface area contributed by atoms with Crippen molar-refractivity contribution < 1.29 is 9.53 Å². The first-order chi connectivity index (χ1) is 5.10. The maximum Gasteiger partial charge on any atom is 0.164 e. The van der Waals surface area contributed by atoms with Gasteiger partial charge in [0, 0.05) is 13.5 Å². The molecule has 0 fully saturated rings. The van der Waals surface area contributed by atoms with Gasteiger partial charge >= 0.3 is 0 Å². The van der Waals surface area contributed by atoms with Crippen LogP contribution in [-0.4, -0.2) is 18.5 Å². The van der Waals surface area contributed by atoms with Crippen LogP contribution >= 0.6 is 0 Å². The summed E-state index contributed by atoms with van der Waals surface area (Å²) in [5, 5.41) is 0. The molecule has 0 aromatic heterocycles. The first-order valence-electron chi connectivity index (χ1n) is 4.19. The van der Waals surface area contributed by atoms with Crippen LogP contribution < -0.4 is 0 Å². The highest BCUT2D eigenvalue weighted by Gasteiger charge is 2.29. The van der Waals surface area contributed by atoms with Gasteiger partial charge in [0.25, 0.3) is 0 Å². The van der Waals surface area contributed by atoms with Gasteiger partial charge in [-0.1, -0.05) is 13.8 Å². The van der Waals surface area contributed by atoms with Gasteiger partial charge in [-0.05, 0) is 19.8 Å². The van der Waals surface area contributed by atoms with Crippen LogP contribution in [0.4, 0.5) is 0 Å². The summed E-state index contributed by atoms with van der Waals surface area (Å²) in [6.07, 6.45) is 2.28. The second kappa shape index (κ2) is 4.50. The number of carbonyl (C=O) groups excluding carboxylic acids is 1. The summed E-state index contributed by atoms with van der Waals surface area (Å²) in [7, 11) is 1.59. The molecule has 0 saturated carbocycles. The standard InChI is InChI=1S/C9H18O2/c1-5-7-8(10)9(3,6-2)11-4/h5-7H2,1-4H3. The van der Waals surface area contributed by atoms with Gasteiger partial charge in [-0.2, -0.15) is 0 Å². The molecular formula is C9H18O2. The number of carbonyl (C=O) groups is 1. The lowest BCUT2D eigenvalue weighted by Crippen LogP contribution is -2.36. The largest absolute Gasteiger partial charge is 0.371 e. The van der Waals surface area contributed by atoms with E-state index in [1.807, 2.05) is 20.8 Å². The number of hydrogen-bond acceptors (Lipinski definition) is 2. The number of hydrogen-bond donors (Lipinski definition) is 0. The van der Waals surface area contributed by atoms with Crippen molar-refractivity contribution >= 4 is 5.78 Å². The van der Waals surface area contributed by atoms with Crippen molar-refractivity contribution in [1.29, 1.82) is 0 Å². The average Bonchev–Trinajstić information content (AvgIpc) is 2.03. The van der Waals surface area contributed by atoms with E-state index in [1.165, 1.54) is 0 Å². The van der Waals surface area contributed by atoms with Crippen LogP contribution in [0.2, 0.25) is 0 Å². The Kier molecular flexibility index (Phi) is 4.34. The fourth-order valence-corrected chi connectivity index (χ4v) is 0.947. The average molecular weight is 158 g/mol. The second-order valence-corrected chi connectivity index (χ2v) is 2.96. The number of rotatable bonds is 5. The summed E-state index contributed by atoms with van der Waals surface area (Å²) >= 11 is 0. The highest BCUT2D eigenvalue weighted by Crippen LogP contribution is 2.17. The lowest BCUT2D eigenvalue weighted by Gasteiger charge is -2.24. The lowest BCUT2D eigenvalue weighted by molar-refractivity contribution is -0.139. The first kappa shape index (κ1) is 10.6. The maximum atomic E-state index is 11.4. The van der Waals surface area contributed by atoms with Crippen molar-refractivity contribution in [2.75, 3.05) is 7.11 Å². The van der Waals surface area contributed by atoms with Crippen molar-refractivity contribution in [3.05, 3.63) is 0 Å². The monoisotopic (exact) mass is 158 g/mol. The van der Waals surface area contributed by atoms with Crippen LogP contribution in [0.3, 0.4) is 0 Å². The lowest BCUT2D eigenvalue weighted by atomic mass is 9.94. The Bertz CT molecular complexity index is 126. The SMILES string of the molecule is CCCC(=O)C(C)(CC)OC. The van der Waals surface area contributed by atoms with E-state index in [2.05, 4.69) is 0 Å². The molecule has 0 heterocycles. The number of methoxy groups -OCH3 is 1. The molecule has 11 heavy (non-hydrogen) atoms. The van der Waals surface area contributed by atoms with Crippen molar-refractivity contribution in [2.24, 2.45) is 0 Å². The minimum atomic E-state index is -0.546. The third kappa shape index (κ3) is 2.62. The summed E-state index contributed by atoms with van der Waals surface area (Å²) < 4.78 is 5.15.